The van der Waals surface area contributed by atoms with Crippen LogP contribution in [-0.4, -0.2) is 55.4 Å². The second-order valence-electron chi connectivity index (χ2n) is 3.44. The molecule has 3 N–H and O–H groups in total. The molecule has 0 aliphatic carbocycles. The number of ether oxygens (including phenoxy) is 1. The van der Waals surface area contributed by atoms with E-state index in [0.717, 1.165) is 6.42 Å². The molecule has 0 saturated heterocycles. The van der Waals surface area contributed by atoms with Crippen LogP contribution in [0.3, 0.4) is 0 Å². The van der Waals surface area contributed by atoms with Crippen molar-refractivity contribution in [2.75, 3.05) is 33.4 Å². The fourth-order valence-electron chi connectivity index (χ4n) is 1.32. The first kappa shape index (κ1) is 14.3. The summed E-state index contributed by atoms with van der Waals surface area (Å²) < 4.78 is 4.89. The number of aliphatic hydroxyl groups is 1. The van der Waals surface area contributed by atoms with Gasteiger partial charge in [-0.2, -0.15) is 0 Å². The first-order chi connectivity index (χ1) is 7.17. The van der Waals surface area contributed by atoms with Crippen LogP contribution in [0.25, 0.3) is 0 Å². The smallest absolute Gasteiger partial charge is 0.239 e. The maximum absolute atomic E-state index is 11.8. The lowest BCUT2D eigenvalue weighted by Gasteiger charge is -2.24. The summed E-state index contributed by atoms with van der Waals surface area (Å²) in [7, 11) is 1.58. The number of carbonyl (C=O) groups is 1. The molecule has 5 nitrogen and oxygen atoms in total. The molecular formula is C10H22N2O3. The zero-order valence-corrected chi connectivity index (χ0v) is 9.61. The number of amides is 1. The van der Waals surface area contributed by atoms with Gasteiger partial charge in [0, 0.05) is 20.2 Å². The number of hydrogen-bond donors (Lipinski definition) is 2. The maximum atomic E-state index is 11.8. The Kier molecular flexibility index (Phi) is 8.27. The molecule has 0 aromatic carbocycles. The number of nitrogens with two attached hydrogens (primary N) is 1. The molecule has 15 heavy (non-hydrogen) atoms. The lowest BCUT2D eigenvalue weighted by Crippen LogP contribution is -2.46. The summed E-state index contributed by atoms with van der Waals surface area (Å²) in [6.45, 7) is 3.20. The molecule has 0 fully saturated rings. The lowest BCUT2D eigenvalue weighted by atomic mass is 10.1. The second kappa shape index (κ2) is 8.64. The Labute approximate surface area is 91.2 Å². The van der Waals surface area contributed by atoms with Gasteiger partial charge in [-0.05, 0) is 6.42 Å². The van der Waals surface area contributed by atoms with Crippen molar-refractivity contribution in [3.05, 3.63) is 0 Å². The van der Waals surface area contributed by atoms with Crippen molar-refractivity contribution in [1.82, 2.24) is 4.90 Å². The topological polar surface area (TPSA) is 75.8 Å². The standard InChI is InChI=1S/C10H22N2O3/c1-3-4-9(11)10(14)12(5-7-13)6-8-15-2/h9,13H,3-8,11H2,1-2H3/t9-/m0/s1. The molecule has 0 aromatic rings. The van der Waals surface area contributed by atoms with Gasteiger partial charge in [0.25, 0.3) is 0 Å². The third-order valence-corrected chi connectivity index (χ3v) is 2.16. The van der Waals surface area contributed by atoms with E-state index in [-0.39, 0.29) is 12.5 Å². The first-order valence-electron chi connectivity index (χ1n) is 5.31. The highest BCUT2D eigenvalue weighted by Gasteiger charge is 2.19. The molecule has 1 amide bonds. The van der Waals surface area contributed by atoms with Gasteiger partial charge in [-0.1, -0.05) is 13.3 Å². The van der Waals surface area contributed by atoms with E-state index < -0.39 is 6.04 Å². The predicted molar refractivity (Wildman–Crippen MR) is 58.4 cm³/mol. The highest BCUT2D eigenvalue weighted by Crippen LogP contribution is 2.00. The Hall–Kier alpha value is -0.650. The summed E-state index contributed by atoms with van der Waals surface area (Å²) in [6, 6.07) is -0.460. The minimum atomic E-state index is -0.460. The van der Waals surface area contributed by atoms with Crippen LogP contribution in [0.5, 0.6) is 0 Å². The molecule has 0 bridgehead atoms. The zero-order chi connectivity index (χ0) is 11.7. The number of hydrogen-bond acceptors (Lipinski definition) is 4. The molecule has 1 atom stereocenters. The molecule has 0 rings (SSSR count). The van der Waals surface area contributed by atoms with Crippen LogP contribution in [0.2, 0.25) is 0 Å². The van der Waals surface area contributed by atoms with E-state index in [9.17, 15) is 4.79 Å². The third-order valence-electron chi connectivity index (χ3n) is 2.16. The number of nitrogens with zero attached hydrogens (tertiary/aromatic N) is 1. The van der Waals surface area contributed by atoms with E-state index in [0.29, 0.717) is 26.1 Å². The van der Waals surface area contributed by atoms with Crippen molar-refractivity contribution in [1.29, 1.82) is 0 Å². The number of rotatable bonds is 8. The summed E-state index contributed by atoms with van der Waals surface area (Å²) in [5.74, 6) is -0.108. The predicted octanol–water partition coefficient (Wildman–Crippen LogP) is -0.419. The Morgan fingerprint density at radius 3 is 2.67 bits per heavy atom. The van der Waals surface area contributed by atoms with Crippen molar-refractivity contribution >= 4 is 5.91 Å². The molecule has 0 aromatic heterocycles. The maximum Gasteiger partial charge on any atom is 0.239 e. The van der Waals surface area contributed by atoms with E-state index in [2.05, 4.69) is 0 Å². The molecule has 0 unspecified atom stereocenters. The normalized spacial score (nSPS) is 12.5. The number of aliphatic hydroxyl groups excluding tert-OH is 1. The highest BCUT2D eigenvalue weighted by molar-refractivity contribution is 5.81. The summed E-state index contributed by atoms with van der Waals surface area (Å²) in [4.78, 5) is 13.3. The monoisotopic (exact) mass is 218 g/mol. The Bertz CT molecular complexity index is 176. The lowest BCUT2D eigenvalue weighted by molar-refractivity contribution is -0.133. The summed E-state index contributed by atoms with van der Waals surface area (Å²) >= 11 is 0. The molecule has 0 saturated carbocycles. The summed E-state index contributed by atoms with van der Waals surface area (Å²) in [5.41, 5.74) is 5.72. The van der Waals surface area contributed by atoms with Gasteiger partial charge >= 0.3 is 0 Å². The largest absolute Gasteiger partial charge is 0.395 e. The molecule has 5 heteroatoms. The quantitative estimate of drug-likeness (QED) is 0.580. The van der Waals surface area contributed by atoms with Gasteiger partial charge < -0.3 is 20.5 Å². The van der Waals surface area contributed by atoms with Gasteiger partial charge in [-0.15, -0.1) is 0 Å². The molecule has 0 heterocycles. The zero-order valence-electron chi connectivity index (χ0n) is 9.61. The van der Waals surface area contributed by atoms with Gasteiger partial charge in [0.15, 0.2) is 0 Å². The van der Waals surface area contributed by atoms with E-state index in [4.69, 9.17) is 15.6 Å². The molecular weight excluding hydrogens is 196 g/mol. The van der Waals surface area contributed by atoms with Crippen molar-refractivity contribution in [2.45, 2.75) is 25.8 Å². The first-order valence-corrected chi connectivity index (χ1v) is 5.31. The Morgan fingerprint density at radius 2 is 2.20 bits per heavy atom. The summed E-state index contributed by atoms with van der Waals surface area (Å²) in [5, 5.41) is 8.82. The fraction of sp³-hybridized carbons (Fsp3) is 0.900. The minimum Gasteiger partial charge on any atom is -0.395 e. The molecule has 0 aliphatic heterocycles. The van der Waals surface area contributed by atoms with Gasteiger partial charge in [-0.3, -0.25) is 4.79 Å². The second-order valence-corrected chi connectivity index (χ2v) is 3.44. The van der Waals surface area contributed by atoms with Gasteiger partial charge in [-0.25, -0.2) is 0 Å². The van der Waals surface area contributed by atoms with Crippen molar-refractivity contribution in [3.63, 3.8) is 0 Å². The van der Waals surface area contributed by atoms with Crippen LogP contribution < -0.4 is 5.73 Å². The summed E-state index contributed by atoms with van der Waals surface area (Å²) in [6.07, 6.45) is 1.55. The number of carbonyl (C=O) groups excluding carboxylic acids is 1. The van der Waals surface area contributed by atoms with Gasteiger partial charge in [0.05, 0.1) is 19.3 Å². The molecule has 0 radical (unpaired) electrons. The number of methoxy groups -OCH3 is 1. The van der Waals surface area contributed by atoms with Crippen LogP contribution in [0.15, 0.2) is 0 Å². The van der Waals surface area contributed by atoms with Crippen molar-refractivity contribution in [3.8, 4) is 0 Å². The average Bonchev–Trinajstić information content (AvgIpc) is 2.23. The Morgan fingerprint density at radius 1 is 1.53 bits per heavy atom. The van der Waals surface area contributed by atoms with E-state index in [1.807, 2.05) is 6.92 Å². The highest BCUT2D eigenvalue weighted by atomic mass is 16.5. The van der Waals surface area contributed by atoms with Crippen molar-refractivity contribution < 1.29 is 14.6 Å². The Balaban J connectivity index is 4.13. The molecule has 0 spiro atoms. The average molecular weight is 218 g/mol. The SMILES string of the molecule is CCC[C@H](N)C(=O)N(CCO)CCOC. The van der Waals surface area contributed by atoms with E-state index in [1.165, 1.54) is 0 Å². The third kappa shape index (κ3) is 5.71. The van der Waals surface area contributed by atoms with Crippen LogP contribution in [0.4, 0.5) is 0 Å². The fourth-order valence-corrected chi connectivity index (χ4v) is 1.32. The minimum absolute atomic E-state index is 0.0473. The van der Waals surface area contributed by atoms with Crippen molar-refractivity contribution in [2.24, 2.45) is 5.73 Å². The molecule has 90 valence electrons. The molecule has 0 aliphatic rings. The van der Waals surface area contributed by atoms with Gasteiger partial charge in [0.2, 0.25) is 5.91 Å². The van der Waals surface area contributed by atoms with Crippen LogP contribution in [0, 0.1) is 0 Å². The van der Waals surface area contributed by atoms with Crippen LogP contribution in [-0.2, 0) is 9.53 Å². The van der Waals surface area contributed by atoms with Gasteiger partial charge in [0.1, 0.15) is 0 Å². The van der Waals surface area contributed by atoms with Crippen LogP contribution in [0.1, 0.15) is 19.8 Å². The van der Waals surface area contributed by atoms with E-state index >= 15 is 0 Å². The van der Waals surface area contributed by atoms with E-state index in [1.54, 1.807) is 12.0 Å². The van der Waals surface area contributed by atoms with Crippen LogP contribution >= 0.6 is 0 Å².